The third-order valence-corrected chi connectivity index (χ3v) is 5.28. The van der Waals surface area contributed by atoms with Gasteiger partial charge in [0.25, 0.3) is 0 Å². The number of hydrazone groups is 1. The Hall–Kier alpha value is -1.46. The number of hydrogen-bond acceptors (Lipinski definition) is 5. The topological polar surface area (TPSA) is 46.1 Å². The number of ether oxygens (including phenoxy) is 2. The van der Waals surface area contributed by atoms with E-state index in [0.717, 1.165) is 43.8 Å². The van der Waals surface area contributed by atoms with Gasteiger partial charge in [-0.25, -0.2) is 0 Å². The zero-order valence-electron chi connectivity index (χ0n) is 16.1. The highest BCUT2D eigenvalue weighted by Crippen LogP contribution is 2.41. The van der Waals surface area contributed by atoms with Crippen LogP contribution in [0, 0.1) is 5.92 Å². The molecule has 3 rings (SSSR count). The average molecular weight is 380 g/mol. The molecule has 6 heteroatoms. The lowest BCUT2D eigenvalue weighted by Gasteiger charge is -2.33. The zero-order valence-corrected chi connectivity index (χ0v) is 16.8. The van der Waals surface area contributed by atoms with E-state index in [4.69, 9.17) is 21.1 Å². The molecule has 2 aliphatic rings. The second-order valence-corrected chi connectivity index (χ2v) is 7.39. The highest BCUT2D eigenvalue weighted by Gasteiger charge is 2.37. The zero-order chi connectivity index (χ0) is 18.5. The van der Waals surface area contributed by atoms with Crippen LogP contribution in [0.3, 0.4) is 0 Å². The molecule has 144 valence electrons. The molecule has 0 spiro atoms. The fourth-order valence-corrected chi connectivity index (χ4v) is 4.09. The summed E-state index contributed by atoms with van der Waals surface area (Å²) in [4.78, 5) is 2.54. The van der Waals surface area contributed by atoms with E-state index in [-0.39, 0.29) is 6.04 Å². The van der Waals surface area contributed by atoms with Crippen molar-refractivity contribution in [2.45, 2.75) is 46.1 Å². The summed E-state index contributed by atoms with van der Waals surface area (Å²) in [6, 6.07) is 4.21. The molecule has 1 fully saturated rings. The van der Waals surface area contributed by atoms with Gasteiger partial charge >= 0.3 is 0 Å². The average Bonchev–Trinajstić information content (AvgIpc) is 3.05. The van der Waals surface area contributed by atoms with Gasteiger partial charge in [-0.05, 0) is 44.0 Å². The molecular weight excluding hydrogens is 350 g/mol. The molecular formula is C20H30ClN3O2. The molecule has 0 aromatic heterocycles. The Morgan fingerprint density at radius 1 is 1.23 bits per heavy atom. The lowest BCUT2D eigenvalue weighted by atomic mass is 9.86. The number of benzene rings is 1. The minimum absolute atomic E-state index is 0.140. The van der Waals surface area contributed by atoms with E-state index in [1.165, 1.54) is 12.1 Å². The van der Waals surface area contributed by atoms with Crippen molar-refractivity contribution in [3.63, 3.8) is 0 Å². The minimum Gasteiger partial charge on any atom is -0.490 e. The second-order valence-electron chi connectivity index (χ2n) is 6.98. The fraction of sp³-hybridized carbons (Fsp3) is 0.650. The van der Waals surface area contributed by atoms with Gasteiger partial charge in [0.15, 0.2) is 11.5 Å². The quantitative estimate of drug-likeness (QED) is 0.733. The van der Waals surface area contributed by atoms with Gasteiger partial charge in [0.2, 0.25) is 0 Å². The number of likely N-dealkylation sites (tertiary alicyclic amines) is 1. The van der Waals surface area contributed by atoms with Crippen molar-refractivity contribution in [2.75, 3.05) is 32.8 Å². The summed E-state index contributed by atoms with van der Waals surface area (Å²) < 4.78 is 11.7. The number of rotatable bonds is 8. The summed E-state index contributed by atoms with van der Waals surface area (Å²) in [5, 5.41) is 5.22. The first-order chi connectivity index (χ1) is 12.7. The molecule has 0 saturated carbocycles. The number of halogens is 1. The van der Waals surface area contributed by atoms with Crippen LogP contribution >= 0.6 is 11.6 Å². The monoisotopic (exact) mass is 379 g/mol. The molecule has 0 radical (unpaired) electrons. The molecule has 0 aliphatic carbocycles. The summed E-state index contributed by atoms with van der Waals surface area (Å²) in [5.41, 5.74) is 5.74. The summed E-state index contributed by atoms with van der Waals surface area (Å²) in [6.07, 6.45) is 3.15. The summed E-state index contributed by atoms with van der Waals surface area (Å²) >= 11 is 6.56. The molecule has 1 aromatic carbocycles. The lowest BCUT2D eigenvalue weighted by Crippen LogP contribution is -2.42. The number of hydrogen-bond donors (Lipinski definition) is 1. The predicted octanol–water partition coefficient (Wildman–Crippen LogP) is 4.26. The minimum atomic E-state index is 0.140. The third kappa shape index (κ3) is 4.09. The number of fused-ring (bicyclic) bond motifs is 1. The van der Waals surface area contributed by atoms with Crippen molar-refractivity contribution in [1.29, 1.82) is 0 Å². The van der Waals surface area contributed by atoms with Gasteiger partial charge in [-0.3, -0.25) is 0 Å². The number of nitrogens with zero attached hydrogens (tertiary/aromatic N) is 2. The summed E-state index contributed by atoms with van der Waals surface area (Å²) in [6.45, 7) is 10.8. The molecule has 0 amide bonds. The molecule has 2 atom stereocenters. The van der Waals surface area contributed by atoms with Gasteiger partial charge < -0.3 is 19.8 Å². The van der Waals surface area contributed by atoms with Gasteiger partial charge in [0.1, 0.15) is 0 Å². The van der Waals surface area contributed by atoms with Gasteiger partial charge in [0, 0.05) is 31.1 Å². The normalized spacial score (nSPS) is 22.5. The fourth-order valence-electron chi connectivity index (χ4n) is 3.81. The van der Waals surface area contributed by atoms with Crippen LogP contribution in [0.1, 0.15) is 51.6 Å². The lowest BCUT2D eigenvalue weighted by molar-refractivity contribution is 0.228. The number of nitrogens with one attached hydrogen (secondary N) is 1. The van der Waals surface area contributed by atoms with Crippen LogP contribution in [-0.4, -0.2) is 43.5 Å². The van der Waals surface area contributed by atoms with E-state index in [9.17, 15) is 0 Å². The van der Waals surface area contributed by atoms with Crippen molar-refractivity contribution >= 4 is 17.3 Å². The molecule has 2 aliphatic heterocycles. The van der Waals surface area contributed by atoms with Gasteiger partial charge in [-0.15, -0.1) is 0 Å². The Morgan fingerprint density at radius 3 is 2.81 bits per heavy atom. The molecule has 1 aromatic rings. The first-order valence-corrected chi connectivity index (χ1v) is 10.2. The first kappa shape index (κ1) is 19.3. The second kappa shape index (κ2) is 8.96. The number of piperidine rings is 1. The van der Waals surface area contributed by atoms with Crippen molar-refractivity contribution in [1.82, 2.24) is 10.3 Å². The van der Waals surface area contributed by atoms with E-state index < -0.39 is 0 Å². The van der Waals surface area contributed by atoms with Gasteiger partial charge in [-0.1, -0.05) is 25.4 Å². The van der Waals surface area contributed by atoms with Crippen LogP contribution in [0.25, 0.3) is 0 Å². The van der Waals surface area contributed by atoms with Crippen LogP contribution in [0.4, 0.5) is 0 Å². The molecule has 26 heavy (non-hydrogen) atoms. The van der Waals surface area contributed by atoms with Gasteiger partial charge in [-0.2, -0.15) is 5.10 Å². The van der Waals surface area contributed by atoms with E-state index >= 15 is 0 Å². The Bertz CT molecular complexity index is 650. The molecule has 2 heterocycles. The largest absolute Gasteiger partial charge is 0.490 e. The van der Waals surface area contributed by atoms with Crippen molar-refractivity contribution in [3.8, 4) is 11.5 Å². The third-order valence-electron chi connectivity index (χ3n) is 5.00. The molecule has 0 bridgehead atoms. The Labute approximate surface area is 161 Å². The summed E-state index contributed by atoms with van der Waals surface area (Å²) in [7, 11) is 0. The summed E-state index contributed by atoms with van der Waals surface area (Å²) in [5.74, 6) is 1.76. The SMILES string of the molecule is CCCOc1c(Cl)cc(C2NN=C3CCN(CCC)CC32)cc1OCC. The van der Waals surface area contributed by atoms with Crippen LogP contribution in [0.15, 0.2) is 17.2 Å². The van der Waals surface area contributed by atoms with Crippen LogP contribution in [0.2, 0.25) is 5.02 Å². The standard InChI is InChI=1S/C20H30ClN3O2/c1-4-8-24-9-7-17-15(13-24)19(23-22-17)14-11-16(21)20(26-10-5-2)18(12-14)25-6-3/h11-12,15,19,23H,4-10,13H2,1-3H3. The van der Waals surface area contributed by atoms with Crippen molar-refractivity contribution < 1.29 is 9.47 Å². The predicted molar refractivity (Wildman–Crippen MR) is 107 cm³/mol. The van der Waals surface area contributed by atoms with E-state index in [1.54, 1.807) is 0 Å². The van der Waals surface area contributed by atoms with Crippen LogP contribution in [0.5, 0.6) is 11.5 Å². The smallest absolute Gasteiger partial charge is 0.179 e. The Morgan fingerprint density at radius 2 is 2.08 bits per heavy atom. The highest BCUT2D eigenvalue weighted by molar-refractivity contribution is 6.32. The highest BCUT2D eigenvalue weighted by atomic mass is 35.5. The Balaban J connectivity index is 1.84. The molecule has 5 nitrogen and oxygen atoms in total. The maximum atomic E-state index is 6.56. The molecule has 1 saturated heterocycles. The van der Waals surface area contributed by atoms with Crippen LogP contribution < -0.4 is 14.9 Å². The van der Waals surface area contributed by atoms with E-state index in [1.807, 2.05) is 13.0 Å². The van der Waals surface area contributed by atoms with Crippen molar-refractivity contribution in [2.24, 2.45) is 11.0 Å². The maximum Gasteiger partial charge on any atom is 0.179 e. The van der Waals surface area contributed by atoms with Crippen molar-refractivity contribution in [3.05, 3.63) is 22.7 Å². The van der Waals surface area contributed by atoms with Gasteiger partial charge in [0.05, 0.1) is 24.3 Å². The van der Waals surface area contributed by atoms with E-state index in [2.05, 4.69) is 35.3 Å². The molecule has 1 N–H and O–H groups in total. The Kier molecular flexibility index (Phi) is 6.65. The van der Waals surface area contributed by atoms with Crippen LogP contribution in [-0.2, 0) is 0 Å². The maximum absolute atomic E-state index is 6.56. The van der Waals surface area contributed by atoms with E-state index in [0.29, 0.717) is 29.9 Å². The molecule has 2 unspecified atom stereocenters. The first-order valence-electron chi connectivity index (χ1n) is 9.81.